The van der Waals surface area contributed by atoms with E-state index in [9.17, 15) is 18.0 Å². The van der Waals surface area contributed by atoms with Gasteiger partial charge in [-0.15, -0.1) is 0 Å². The lowest BCUT2D eigenvalue weighted by Gasteiger charge is -2.36. The lowest BCUT2D eigenvalue weighted by atomic mass is 9.90. The maximum absolute atomic E-state index is 14.8. The zero-order valence-electron chi connectivity index (χ0n) is 19.8. The molecule has 1 aromatic heterocycles. The number of likely N-dealkylation sites (tertiary alicyclic amines) is 1. The largest absolute Gasteiger partial charge is 0.338 e. The molecule has 5 nitrogen and oxygen atoms in total. The Morgan fingerprint density at radius 2 is 1.97 bits per heavy atom. The van der Waals surface area contributed by atoms with Crippen molar-refractivity contribution in [2.45, 2.75) is 38.9 Å². The van der Waals surface area contributed by atoms with Crippen LogP contribution in [0.1, 0.15) is 36.1 Å². The Morgan fingerprint density at radius 3 is 2.74 bits per heavy atom. The molecule has 0 spiro atoms. The summed E-state index contributed by atoms with van der Waals surface area (Å²) in [6, 6.07) is 7.73. The number of aliphatic imine (C=N–C) groups is 1. The van der Waals surface area contributed by atoms with Crippen LogP contribution >= 0.6 is 0 Å². The van der Waals surface area contributed by atoms with Crippen molar-refractivity contribution in [3.8, 4) is 0 Å². The van der Waals surface area contributed by atoms with Crippen LogP contribution in [0.15, 0.2) is 52.7 Å². The molecule has 2 aromatic rings. The molecule has 1 fully saturated rings. The van der Waals surface area contributed by atoms with Gasteiger partial charge in [0.1, 0.15) is 17.8 Å². The standard InChI is InChI=1S/C27H29F3N4O/c1-17-11-18(5-8-31-17)27-21-16-34(10-6-19(21)13-32-27)26(35)12-20-14-33(9-7-23(20)28)15-22-24(29)3-2-4-25(22)30/h2-5,8,11,20,23H,6-7,9-10,12-16H2,1H3. The molecule has 0 radical (unpaired) electrons. The van der Waals surface area contributed by atoms with Gasteiger partial charge in [-0.1, -0.05) is 6.07 Å². The normalized spacial score (nSPS) is 22.9. The van der Waals surface area contributed by atoms with E-state index < -0.39 is 23.7 Å². The van der Waals surface area contributed by atoms with E-state index in [4.69, 9.17) is 4.99 Å². The SMILES string of the molecule is Cc1cc(C2=NCC3=C2CN(C(=O)CC2CN(Cc4c(F)cccc4F)CCC2F)CC3)ccn1. The summed E-state index contributed by atoms with van der Waals surface area (Å²) >= 11 is 0. The number of benzene rings is 1. The number of hydrogen-bond acceptors (Lipinski definition) is 4. The summed E-state index contributed by atoms with van der Waals surface area (Å²) in [4.78, 5) is 25.8. The summed E-state index contributed by atoms with van der Waals surface area (Å²) in [6.45, 7) is 4.44. The van der Waals surface area contributed by atoms with E-state index in [0.717, 1.165) is 29.0 Å². The molecule has 0 N–H and O–H groups in total. The van der Waals surface area contributed by atoms with E-state index in [1.54, 1.807) is 11.1 Å². The smallest absolute Gasteiger partial charge is 0.223 e. The fourth-order valence-electron chi connectivity index (χ4n) is 5.34. The van der Waals surface area contributed by atoms with Crippen LogP contribution in [-0.2, 0) is 11.3 Å². The number of halogens is 3. The molecule has 35 heavy (non-hydrogen) atoms. The second-order valence-corrected chi connectivity index (χ2v) is 9.70. The zero-order valence-corrected chi connectivity index (χ0v) is 19.8. The van der Waals surface area contributed by atoms with E-state index in [1.807, 2.05) is 24.0 Å². The molecule has 4 heterocycles. The van der Waals surface area contributed by atoms with Crippen LogP contribution in [0.25, 0.3) is 0 Å². The van der Waals surface area contributed by atoms with Gasteiger partial charge in [-0.25, -0.2) is 13.2 Å². The third-order valence-corrected chi connectivity index (χ3v) is 7.30. The maximum Gasteiger partial charge on any atom is 0.223 e. The second kappa shape index (κ2) is 9.93. The van der Waals surface area contributed by atoms with Gasteiger partial charge in [0.15, 0.2) is 0 Å². The molecule has 0 saturated carbocycles. The minimum atomic E-state index is -1.11. The molecule has 5 rings (SSSR count). The molecule has 0 aliphatic carbocycles. The third kappa shape index (κ3) is 5.03. The van der Waals surface area contributed by atoms with Gasteiger partial charge in [0.05, 0.1) is 12.3 Å². The van der Waals surface area contributed by atoms with Crippen molar-refractivity contribution in [3.05, 3.63) is 76.1 Å². The van der Waals surface area contributed by atoms with Crippen LogP contribution in [0.3, 0.4) is 0 Å². The number of aryl methyl sites for hydroxylation is 1. The van der Waals surface area contributed by atoms with Gasteiger partial charge in [-0.3, -0.25) is 19.7 Å². The van der Waals surface area contributed by atoms with E-state index in [0.29, 0.717) is 32.7 Å². The van der Waals surface area contributed by atoms with Gasteiger partial charge in [0, 0.05) is 68.1 Å². The minimum absolute atomic E-state index is 0.00946. The number of carbonyl (C=O) groups excluding carboxylic acids is 1. The highest BCUT2D eigenvalue weighted by molar-refractivity contribution is 6.15. The van der Waals surface area contributed by atoms with E-state index in [2.05, 4.69) is 4.98 Å². The molecule has 3 aliphatic rings. The Bertz CT molecular complexity index is 1170. The van der Waals surface area contributed by atoms with Gasteiger partial charge < -0.3 is 4.90 Å². The summed E-state index contributed by atoms with van der Waals surface area (Å²) in [5.41, 5.74) is 5.18. The lowest BCUT2D eigenvalue weighted by molar-refractivity contribution is -0.133. The summed E-state index contributed by atoms with van der Waals surface area (Å²) in [5, 5.41) is 0. The molecular formula is C27H29F3N4O. The number of carbonyl (C=O) groups is 1. The van der Waals surface area contributed by atoms with Gasteiger partial charge in [0.25, 0.3) is 0 Å². The Labute approximate surface area is 203 Å². The molecular weight excluding hydrogens is 453 g/mol. The Balaban J connectivity index is 1.23. The summed E-state index contributed by atoms with van der Waals surface area (Å²) < 4.78 is 43.0. The number of alkyl halides is 1. The average molecular weight is 483 g/mol. The number of rotatable bonds is 5. The first-order valence-corrected chi connectivity index (χ1v) is 12.1. The van der Waals surface area contributed by atoms with Crippen LogP contribution in [0.5, 0.6) is 0 Å². The molecule has 1 saturated heterocycles. The van der Waals surface area contributed by atoms with E-state index in [-0.39, 0.29) is 30.9 Å². The number of pyridine rings is 1. The van der Waals surface area contributed by atoms with Crippen LogP contribution in [0.4, 0.5) is 13.2 Å². The van der Waals surface area contributed by atoms with Gasteiger partial charge in [-0.05, 0) is 55.2 Å². The van der Waals surface area contributed by atoms with E-state index in [1.165, 1.54) is 23.8 Å². The maximum atomic E-state index is 14.8. The number of piperidine rings is 1. The van der Waals surface area contributed by atoms with Crippen LogP contribution in [0.2, 0.25) is 0 Å². The van der Waals surface area contributed by atoms with Crippen molar-refractivity contribution in [1.29, 1.82) is 0 Å². The van der Waals surface area contributed by atoms with Gasteiger partial charge in [0.2, 0.25) is 5.91 Å². The van der Waals surface area contributed by atoms with Crippen molar-refractivity contribution < 1.29 is 18.0 Å². The first-order chi connectivity index (χ1) is 16.9. The van der Waals surface area contributed by atoms with Crippen molar-refractivity contribution >= 4 is 11.6 Å². The highest BCUT2D eigenvalue weighted by Gasteiger charge is 2.35. The fourth-order valence-corrected chi connectivity index (χ4v) is 5.34. The van der Waals surface area contributed by atoms with Crippen LogP contribution in [0, 0.1) is 24.5 Å². The molecule has 1 amide bonds. The molecule has 184 valence electrons. The summed E-state index contributed by atoms with van der Waals surface area (Å²) in [6.07, 6.45) is 1.76. The Morgan fingerprint density at radius 1 is 1.17 bits per heavy atom. The Kier molecular flexibility index (Phi) is 6.73. The monoisotopic (exact) mass is 482 g/mol. The molecule has 8 heteroatoms. The highest BCUT2D eigenvalue weighted by Crippen LogP contribution is 2.30. The molecule has 1 aromatic carbocycles. The number of nitrogens with zero attached hydrogens (tertiary/aromatic N) is 4. The first kappa shape index (κ1) is 23.7. The predicted molar refractivity (Wildman–Crippen MR) is 128 cm³/mol. The third-order valence-electron chi connectivity index (χ3n) is 7.30. The fraction of sp³-hybridized carbons (Fsp3) is 0.444. The first-order valence-electron chi connectivity index (χ1n) is 12.1. The van der Waals surface area contributed by atoms with Gasteiger partial charge >= 0.3 is 0 Å². The number of amides is 1. The van der Waals surface area contributed by atoms with Gasteiger partial charge in [-0.2, -0.15) is 0 Å². The van der Waals surface area contributed by atoms with Crippen LogP contribution in [-0.4, -0.2) is 65.3 Å². The van der Waals surface area contributed by atoms with Crippen molar-refractivity contribution in [2.24, 2.45) is 10.9 Å². The highest BCUT2D eigenvalue weighted by atomic mass is 19.1. The number of aromatic nitrogens is 1. The topological polar surface area (TPSA) is 48.8 Å². The van der Waals surface area contributed by atoms with Crippen molar-refractivity contribution in [2.75, 3.05) is 32.7 Å². The van der Waals surface area contributed by atoms with E-state index >= 15 is 0 Å². The Hall–Kier alpha value is -3.00. The minimum Gasteiger partial charge on any atom is -0.338 e. The summed E-state index contributed by atoms with van der Waals surface area (Å²) in [5.74, 6) is -1.78. The number of hydrogen-bond donors (Lipinski definition) is 0. The molecule has 0 bridgehead atoms. The van der Waals surface area contributed by atoms with Crippen molar-refractivity contribution in [1.82, 2.24) is 14.8 Å². The quantitative estimate of drug-likeness (QED) is 0.640. The molecule has 2 atom stereocenters. The zero-order chi connectivity index (χ0) is 24.5. The summed E-state index contributed by atoms with van der Waals surface area (Å²) in [7, 11) is 0. The van der Waals surface area contributed by atoms with Crippen LogP contribution < -0.4 is 0 Å². The molecule has 3 aliphatic heterocycles. The lowest BCUT2D eigenvalue weighted by Crippen LogP contribution is -2.45. The van der Waals surface area contributed by atoms with Crippen molar-refractivity contribution in [3.63, 3.8) is 0 Å². The second-order valence-electron chi connectivity index (χ2n) is 9.70. The predicted octanol–water partition coefficient (Wildman–Crippen LogP) is 4.25. The average Bonchev–Trinajstić information content (AvgIpc) is 3.27. The molecule has 2 unspecified atom stereocenters.